The molecular formula is C23H46O. The highest BCUT2D eigenvalue weighted by molar-refractivity contribution is 4.81. The van der Waals surface area contributed by atoms with Gasteiger partial charge in [-0.15, -0.1) is 0 Å². The van der Waals surface area contributed by atoms with Crippen molar-refractivity contribution in [1.82, 2.24) is 0 Å². The first-order valence-electron chi connectivity index (χ1n) is 11.6. The van der Waals surface area contributed by atoms with Crippen molar-refractivity contribution in [3.8, 4) is 0 Å². The summed E-state index contributed by atoms with van der Waals surface area (Å²) in [5, 5.41) is 0. The molecule has 1 nitrogen and oxygen atoms in total. The fourth-order valence-electron chi connectivity index (χ4n) is 2.93. The first-order valence-corrected chi connectivity index (χ1v) is 10.9. The fraction of sp³-hybridized carbons (Fsp3) is 0.913. The molecule has 0 rings (SSSR count). The second kappa shape index (κ2) is 22.7. The summed E-state index contributed by atoms with van der Waals surface area (Å²) in [6, 6.07) is 0. The quantitative estimate of drug-likeness (QED) is 0.160. The van der Waals surface area contributed by atoms with Crippen LogP contribution in [0.3, 0.4) is 0 Å². The Labute approximate surface area is 155 Å². The van der Waals surface area contributed by atoms with Gasteiger partial charge in [-0.25, -0.2) is 0 Å². The van der Waals surface area contributed by atoms with Gasteiger partial charge in [0.1, 0.15) is 0 Å². The van der Waals surface area contributed by atoms with Gasteiger partial charge >= 0.3 is 0 Å². The molecule has 0 atom stereocenters. The summed E-state index contributed by atoms with van der Waals surface area (Å²) < 4.78 is 12.7. The van der Waals surface area contributed by atoms with Gasteiger partial charge in [0, 0.05) is 14.6 Å². The molecule has 144 valence electrons. The molecule has 0 saturated heterocycles. The third kappa shape index (κ3) is 21.7. The lowest BCUT2D eigenvalue weighted by atomic mass is 10.1. The summed E-state index contributed by atoms with van der Waals surface area (Å²) in [5.41, 5.74) is 0. The summed E-state index contributed by atoms with van der Waals surface area (Å²) in [4.78, 5) is 0. The van der Waals surface area contributed by atoms with E-state index >= 15 is 0 Å². The molecule has 0 aromatic heterocycles. The Bertz CT molecular complexity index is 252. The van der Waals surface area contributed by atoms with E-state index in [0.717, 1.165) is 32.5 Å². The summed E-state index contributed by atoms with van der Waals surface area (Å²) in [6.45, 7) is 4.67. The van der Waals surface area contributed by atoms with Gasteiger partial charge in [-0.1, -0.05) is 96.6 Å². The maximum absolute atomic E-state index is 7.07. The van der Waals surface area contributed by atoms with Gasteiger partial charge in [-0.3, -0.25) is 0 Å². The minimum Gasteiger partial charge on any atom is -0.381 e. The van der Waals surface area contributed by atoms with Crippen LogP contribution in [0, 0.1) is 0 Å². The van der Waals surface area contributed by atoms with Crippen LogP contribution in [-0.2, 0) is 4.74 Å². The molecule has 0 fully saturated rings. The van der Waals surface area contributed by atoms with E-state index in [1.165, 1.54) is 89.9 Å². The SMILES string of the molecule is [2H]CCCCCOCCCCCCCC/C=C\CCCCCCCC. The predicted molar refractivity (Wildman–Crippen MR) is 110 cm³/mol. The third-order valence-electron chi connectivity index (χ3n) is 4.59. The Hall–Kier alpha value is -0.300. The van der Waals surface area contributed by atoms with Crippen molar-refractivity contribution in [1.29, 1.82) is 0 Å². The predicted octanol–water partition coefficient (Wildman–Crippen LogP) is 8.23. The Morgan fingerprint density at radius 1 is 0.583 bits per heavy atom. The Kier molecular flexibility index (Phi) is 20.6. The molecule has 0 aliphatic rings. The molecule has 1 heteroatoms. The molecule has 0 bridgehead atoms. The van der Waals surface area contributed by atoms with E-state index in [4.69, 9.17) is 6.11 Å². The molecule has 0 aliphatic heterocycles. The average Bonchev–Trinajstić information content (AvgIpc) is 2.63. The molecule has 24 heavy (non-hydrogen) atoms. The van der Waals surface area contributed by atoms with Gasteiger partial charge in [-0.2, -0.15) is 0 Å². The molecule has 0 unspecified atom stereocenters. The van der Waals surface area contributed by atoms with Crippen molar-refractivity contribution in [3.63, 3.8) is 0 Å². The van der Waals surface area contributed by atoms with Crippen LogP contribution < -0.4 is 0 Å². The molecule has 0 spiro atoms. The van der Waals surface area contributed by atoms with Crippen molar-refractivity contribution in [2.45, 2.75) is 123 Å². The topological polar surface area (TPSA) is 9.23 Å². The monoisotopic (exact) mass is 339 g/mol. The molecule has 0 heterocycles. The fourth-order valence-corrected chi connectivity index (χ4v) is 2.93. The lowest BCUT2D eigenvalue weighted by Gasteiger charge is -2.03. The number of hydrogen-bond acceptors (Lipinski definition) is 1. The van der Waals surface area contributed by atoms with Crippen LogP contribution in [0.2, 0.25) is 0 Å². The van der Waals surface area contributed by atoms with Gasteiger partial charge in [0.2, 0.25) is 0 Å². The van der Waals surface area contributed by atoms with Crippen LogP contribution in [0.4, 0.5) is 0 Å². The molecule has 0 aromatic carbocycles. The van der Waals surface area contributed by atoms with Gasteiger partial charge < -0.3 is 4.74 Å². The molecule has 0 amide bonds. The zero-order valence-corrected chi connectivity index (χ0v) is 16.7. The van der Waals surface area contributed by atoms with Crippen LogP contribution in [0.25, 0.3) is 0 Å². The lowest BCUT2D eigenvalue weighted by molar-refractivity contribution is 0.126. The first-order chi connectivity index (χ1) is 12.4. The van der Waals surface area contributed by atoms with Crippen molar-refractivity contribution in [3.05, 3.63) is 12.2 Å². The molecular weight excluding hydrogens is 292 g/mol. The van der Waals surface area contributed by atoms with E-state index in [-0.39, 0.29) is 0 Å². The molecule has 0 aromatic rings. The largest absolute Gasteiger partial charge is 0.381 e. The molecule has 0 radical (unpaired) electrons. The maximum atomic E-state index is 7.07. The van der Waals surface area contributed by atoms with Crippen molar-refractivity contribution < 1.29 is 6.11 Å². The lowest BCUT2D eigenvalue weighted by Crippen LogP contribution is -1.96. The summed E-state index contributed by atoms with van der Waals surface area (Å²) in [6.07, 6.45) is 27.1. The number of rotatable bonds is 20. The molecule has 0 saturated carbocycles. The van der Waals surface area contributed by atoms with Crippen molar-refractivity contribution in [2.75, 3.05) is 13.2 Å². The molecule has 0 aliphatic carbocycles. The van der Waals surface area contributed by atoms with Crippen LogP contribution in [-0.4, -0.2) is 13.2 Å². The van der Waals surface area contributed by atoms with Gasteiger partial charge in [0.15, 0.2) is 0 Å². The summed E-state index contributed by atoms with van der Waals surface area (Å²) in [7, 11) is 0. The zero-order valence-electron chi connectivity index (χ0n) is 17.7. The van der Waals surface area contributed by atoms with Crippen LogP contribution >= 0.6 is 0 Å². The van der Waals surface area contributed by atoms with Gasteiger partial charge in [0.25, 0.3) is 0 Å². The van der Waals surface area contributed by atoms with Crippen LogP contribution in [0.5, 0.6) is 0 Å². The number of ether oxygens (including phenoxy) is 1. The summed E-state index contributed by atoms with van der Waals surface area (Å²) in [5.74, 6) is 0. The van der Waals surface area contributed by atoms with Crippen LogP contribution in [0.1, 0.15) is 124 Å². The number of hydrogen-bond donors (Lipinski definition) is 0. The van der Waals surface area contributed by atoms with E-state index in [0.29, 0.717) is 6.90 Å². The van der Waals surface area contributed by atoms with Gasteiger partial charge in [-0.05, 0) is 38.5 Å². The Morgan fingerprint density at radius 2 is 1.04 bits per heavy atom. The first kappa shape index (κ1) is 21.7. The smallest absolute Gasteiger partial charge is 0.0466 e. The highest BCUT2D eigenvalue weighted by atomic mass is 16.5. The Balaban J connectivity index is 3.03. The van der Waals surface area contributed by atoms with E-state index < -0.39 is 0 Å². The minimum absolute atomic E-state index is 0.564. The summed E-state index contributed by atoms with van der Waals surface area (Å²) >= 11 is 0. The second-order valence-electron chi connectivity index (χ2n) is 7.11. The van der Waals surface area contributed by atoms with Crippen molar-refractivity contribution in [2.24, 2.45) is 0 Å². The van der Waals surface area contributed by atoms with E-state index in [1.807, 2.05) is 0 Å². The second-order valence-corrected chi connectivity index (χ2v) is 7.11. The number of allylic oxidation sites excluding steroid dienone is 2. The number of unbranched alkanes of at least 4 members (excludes halogenated alkanes) is 14. The maximum Gasteiger partial charge on any atom is 0.0466 e. The highest BCUT2D eigenvalue weighted by Gasteiger charge is 1.93. The van der Waals surface area contributed by atoms with Gasteiger partial charge in [0.05, 0.1) is 0 Å². The standard InChI is InChI=1S/C23H46O/c1-3-5-7-8-9-10-11-12-13-14-15-16-17-18-19-21-23-24-22-20-6-4-2/h12-13H,3-11,14-23H2,1-2H3/b13-12-/i2D. The minimum atomic E-state index is 0.564. The third-order valence-corrected chi connectivity index (χ3v) is 4.59. The zero-order chi connectivity index (χ0) is 18.3. The van der Waals surface area contributed by atoms with E-state index in [9.17, 15) is 0 Å². The normalized spacial score (nSPS) is 12.1. The Morgan fingerprint density at radius 3 is 1.62 bits per heavy atom. The van der Waals surface area contributed by atoms with Crippen LogP contribution in [0.15, 0.2) is 12.2 Å². The van der Waals surface area contributed by atoms with Crippen molar-refractivity contribution >= 4 is 0 Å². The highest BCUT2D eigenvalue weighted by Crippen LogP contribution is 2.10. The average molecular weight is 340 g/mol. The van der Waals surface area contributed by atoms with E-state index in [2.05, 4.69) is 19.1 Å². The molecule has 0 N–H and O–H groups in total. The van der Waals surface area contributed by atoms with E-state index in [1.54, 1.807) is 0 Å².